The number of hydrogen-bond donors (Lipinski definition) is 1. The fraction of sp³-hybridized carbons (Fsp3) is 0.455. The number of hydrogen-bond acceptors (Lipinski definition) is 2. The molecule has 0 bridgehead atoms. The SMILES string of the molecule is C=CC1CC(=O)N(CCc2ccn[nH]2)C1. The van der Waals surface area contributed by atoms with Crippen molar-refractivity contribution in [1.29, 1.82) is 0 Å². The first-order chi connectivity index (χ1) is 7.29. The van der Waals surface area contributed by atoms with Gasteiger partial charge in [0.25, 0.3) is 0 Å². The molecule has 15 heavy (non-hydrogen) atoms. The van der Waals surface area contributed by atoms with E-state index in [1.165, 1.54) is 0 Å². The number of aromatic amines is 1. The van der Waals surface area contributed by atoms with E-state index in [9.17, 15) is 4.79 Å². The molecule has 4 nitrogen and oxygen atoms in total. The van der Waals surface area contributed by atoms with Crippen molar-refractivity contribution in [3.8, 4) is 0 Å². The minimum absolute atomic E-state index is 0.236. The molecule has 1 N–H and O–H groups in total. The Kier molecular flexibility index (Phi) is 2.85. The summed E-state index contributed by atoms with van der Waals surface area (Å²) in [5.74, 6) is 0.568. The molecule has 1 atom stereocenters. The van der Waals surface area contributed by atoms with Gasteiger partial charge in [0.05, 0.1) is 0 Å². The molecule has 0 aromatic carbocycles. The Morgan fingerprint density at radius 3 is 3.20 bits per heavy atom. The van der Waals surface area contributed by atoms with E-state index in [-0.39, 0.29) is 5.91 Å². The predicted molar refractivity (Wildman–Crippen MR) is 57.2 cm³/mol. The van der Waals surface area contributed by atoms with Crippen LogP contribution in [0.4, 0.5) is 0 Å². The van der Waals surface area contributed by atoms with Crippen molar-refractivity contribution in [2.75, 3.05) is 13.1 Å². The van der Waals surface area contributed by atoms with Crippen molar-refractivity contribution in [1.82, 2.24) is 15.1 Å². The second-order valence-electron chi connectivity index (χ2n) is 3.87. The summed E-state index contributed by atoms with van der Waals surface area (Å²) in [7, 11) is 0. The molecule has 80 valence electrons. The predicted octanol–water partition coefficient (Wildman–Crippen LogP) is 0.987. The van der Waals surface area contributed by atoms with E-state index in [0.717, 1.165) is 25.2 Å². The summed E-state index contributed by atoms with van der Waals surface area (Å²) in [5, 5.41) is 6.77. The lowest BCUT2D eigenvalue weighted by Gasteiger charge is -2.14. The minimum atomic E-state index is 0.236. The third kappa shape index (κ3) is 2.26. The monoisotopic (exact) mass is 205 g/mol. The number of aromatic nitrogens is 2. The number of rotatable bonds is 4. The number of carbonyl (C=O) groups excluding carboxylic acids is 1. The molecule has 1 unspecified atom stereocenters. The van der Waals surface area contributed by atoms with Crippen molar-refractivity contribution in [3.63, 3.8) is 0 Å². The van der Waals surface area contributed by atoms with Gasteiger partial charge in [0, 0.05) is 43.7 Å². The van der Waals surface area contributed by atoms with Crippen LogP contribution in [0.1, 0.15) is 12.1 Å². The van der Waals surface area contributed by atoms with Crippen LogP contribution in [-0.4, -0.2) is 34.1 Å². The highest BCUT2D eigenvalue weighted by Crippen LogP contribution is 2.18. The zero-order valence-electron chi connectivity index (χ0n) is 8.65. The van der Waals surface area contributed by atoms with E-state index in [4.69, 9.17) is 0 Å². The molecule has 1 aliphatic heterocycles. The van der Waals surface area contributed by atoms with Gasteiger partial charge in [0.1, 0.15) is 0 Å². The topological polar surface area (TPSA) is 49.0 Å². The highest BCUT2D eigenvalue weighted by Gasteiger charge is 2.26. The third-order valence-corrected chi connectivity index (χ3v) is 2.79. The summed E-state index contributed by atoms with van der Waals surface area (Å²) >= 11 is 0. The summed E-state index contributed by atoms with van der Waals surface area (Å²) in [5.41, 5.74) is 1.07. The lowest BCUT2D eigenvalue weighted by atomic mass is 10.1. The van der Waals surface area contributed by atoms with Gasteiger partial charge in [-0.15, -0.1) is 6.58 Å². The van der Waals surface area contributed by atoms with Crippen molar-refractivity contribution in [2.24, 2.45) is 5.92 Å². The van der Waals surface area contributed by atoms with E-state index in [1.807, 2.05) is 17.0 Å². The van der Waals surface area contributed by atoms with E-state index >= 15 is 0 Å². The van der Waals surface area contributed by atoms with Crippen molar-refractivity contribution in [3.05, 3.63) is 30.6 Å². The maximum atomic E-state index is 11.6. The summed E-state index contributed by atoms with van der Waals surface area (Å²) in [4.78, 5) is 13.5. The third-order valence-electron chi connectivity index (χ3n) is 2.79. The smallest absolute Gasteiger partial charge is 0.223 e. The summed E-state index contributed by atoms with van der Waals surface area (Å²) in [6.07, 6.45) is 5.06. The quantitative estimate of drug-likeness (QED) is 0.745. The lowest BCUT2D eigenvalue weighted by Crippen LogP contribution is -2.27. The van der Waals surface area contributed by atoms with Crippen LogP contribution < -0.4 is 0 Å². The molecule has 1 aromatic heterocycles. The number of nitrogens with one attached hydrogen (secondary N) is 1. The Morgan fingerprint density at radius 2 is 2.60 bits per heavy atom. The van der Waals surface area contributed by atoms with Crippen molar-refractivity contribution < 1.29 is 4.79 Å². The van der Waals surface area contributed by atoms with Crippen LogP contribution in [0.25, 0.3) is 0 Å². The van der Waals surface area contributed by atoms with Crippen LogP contribution in [0.15, 0.2) is 24.9 Å². The van der Waals surface area contributed by atoms with E-state index in [2.05, 4.69) is 16.8 Å². The van der Waals surface area contributed by atoms with Gasteiger partial charge >= 0.3 is 0 Å². The largest absolute Gasteiger partial charge is 0.342 e. The Balaban J connectivity index is 1.85. The highest BCUT2D eigenvalue weighted by molar-refractivity contribution is 5.78. The Hall–Kier alpha value is -1.58. The average molecular weight is 205 g/mol. The number of carbonyl (C=O) groups is 1. The van der Waals surface area contributed by atoms with Gasteiger partial charge in [-0.1, -0.05) is 6.08 Å². The first-order valence-electron chi connectivity index (χ1n) is 5.18. The Bertz CT molecular complexity index is 345. The molecule has 1 fully saturated rings. The molecule has 0 radical (unpaired) electrons. The fourth-order valence-electron chi connectivity index (χ4n) is 1.86. The molecule has 2 rings (SSSR count). The van der Waals surface area contributed by atoms with Gasteiger partial charge in [-0.2, -0.15) is 5.10 Å². The van der Waals surface area contributed by atoms with E-state index < -0.39 is 0 Å². The normalized spacial score (nSPS) is 20.9. The lowest BCUT2D eigenvalue weighted by molar-refractivity contribution is -0.127. The number of likely N-dealkylation sites (tertiary alicyclic amines) is 1. The number of nitrogens with zero attached hydrogens (tertiary/aromatic N) is 2. The van der Waals surface area contributed by atoms with Crippen molar-refractivity contribution >= 4 is 5.91 Å². The van der Waals surface area contributed by atoms with Crippen LogP contribution in [0.3, 0.4) is 0 Å². The number of amides is 1. The van der Waals surface area contributed by atoms with E-state index in [1.54, 1.807) is 6.20 Å². The maximum Gasteiger partial charge on any atom is 0.223 e. The summed E-state index contributed by atoms with van der Waals surface area (Å²) < 4.78 is 0. The standard InChI is InChI=1S/C11H15N3O/c1-2-9-7-11(15)14(8-9)6-4-10-3-5-12-13-10/h2-3,5,9H,1,4,6-8H2,(H,12,13). The zero-order chi connectivity index (χ0) is 10.7. The minimum Gasteiger partial charge on any atom is -0.342 e. The first kappa shape index (κ1) is 9.96. The second kappa shape index (κ2) is 4.29. The van der Waals surface area contributed by atoms with Crippen LogP contribution in [-0.2, 0) is 11.2 Å². The van der Waals surface area contributed by atoms with Gasteiger partial charge < -0.3 is 4.90 Å². The summed E-state index contributed by atoms with van der Waals surface area (Å²) in [6, 6.07) is 1.94. The maximum absolute atomic E-state index is 11.6. The molecular formula is C11H15N3O. The number of H-pyrrole nitrogens is 1. The molecule has 0 aliphatic carbocycles. The Morgan fingerprint density at radius 1 is 1.73 bits per heavy atom. The summed E-state index contributed by atoms with van der Waals surface area (Å²) in [6.45, 7) is 5.31. The van der Waals surface area contributed by atoms with Gasteiger partial charge in [-0.3, -0.25) is 9.89 Å². The van der Waals surface area contributed by atoms with Crippen LogP contribution in [0, 0.1) is 5.92 Å². The molecule has 0 saturated carbocycles. The molecular weight excluding hydrogens is 190 g/mol. The molecule has 0 spiro atoms. The van der Waals surface area contributed by atoms with Crippen LogP contribution >= 0.6 is 0 Å². The zero-order valence-corrected chi connectivity index (χ0v) is 8.65. The molecule has 1 amide bonds. The first-order valence-corrected chi connectivity index (χ1v) is 5.18. The van der Waals surface area contributed by atoms with Gasteiger partial charge in [0.2, 0.25) is 5.91 Å². The Labute approximate surface area is 89.0 Å². The van der Waals surface area contributed by atoms with E-state index in [0.29, 0.717) is 12.3 Å². The molecule has 4 heteroatoms. The van der Waals surface area contributed by atoms with Gasteiger partial charge in [-0.25, -0.2) is 0 Å². The average Bonchev–Trinajstić information content (AvgIpc) is 2.84. The molecule has 1 aromatic rings. The van der Waals surface area contributed by atoms with Gasteiger partial charge in [-0.05, 0) is 6.07 Å². The molecule has 1 saturated heterocycles. The fourth-order valence-corrected chi connectivity index (χ4v) is 1.86. The molecule has 1 aliphatic rings. The highest BCUT2D eigenvalue weighted by atomic mass is 16.2. The van der Waals surface area contributed by atoms with Crippen LogP contribution in [0.2, 0.25) is 0 Å². The van der Waals surface area contributed by atoms with Crippen molar-refractivity contribution in [2.45, 2.75) is 12.8 Å². The molecule has 2 heterocycles. The van der Waals surface area contributed by atoms with Gasteiger partial charge in [0.15, 0.2) is 0 Å². The van der Waals surface area contributed by atoms with Crippen LogP contribution in [0.5, 0.6) is 0 Å². The second-order valence-corrected chi connectivity index (χ2v) is 3.87.